The Bertz CT molecular complexity index is 578. The summed E-state index contributed by atoms with van der Waals surface area (Å²) in [6.07, 6.45) is 2.56. The van der Waals surface area contributed by atoms with Gasteiger partial charge in [0, 0.05) is 24.4 Å². The number of carbonyl (C=O) groups is 1. The Labute approximate surface area is 104 Å². The number of hydrogen-bond donors (Lipinski definition) is 2. The first-order chi connectivity index (χ1) is 8.77. The van der Waals surface area contributed by atoms with Crippen LogP contribution in [0.4, 0.5) is 0 Å². The highest BCUT2D eigenvalue weighted by atomic mass is 16.4. The lowest BCUT2D eigenvalue weighted by Gasteiger charge is -2.28. The summed E-state index contributed by atoms with van der Waals surface area (Å²) in [5, 5.41) is 16.8. The van der Waals surface area contributed by atoms with Gasteiger partial charge in [0.15, 0.2) is 0 Å². The predicted octanol–water partition coefficient (Wildman–Crippen LogP) is 1.11. The van der Waals surface area contributed by atoms with Crippen molar-refractivity contribution in [1.29, 1.82) is 0 Å². The molecule has 1 aliphatic heterocycles. The Hall–Kier alpha value is -1.88. The van der Waals surface area contributed by atoms with Crippen LogP contribution in [-0.4, -0.2) is 33.8 Å². The molecule has 3 heterocycles. The number of aromatic nitrogens is 2. The molecule has 5 nitrogen and oxygen atoms in total. The van der Waals surface area contributed by atoms with Gasteiger partial charge in [0.25, 0.3) is 0 Å². The number of fused-ring (bicyclic) bond motifs is 1. The third-order valence-corrected chi connectivity index (χ3v) is 3.63. The molecule has 1 saturated heterocycles. The molecule has 0 aromatic carbocycles. The molecular formula is C13H15N3O2. The van der Waals surface area contributed by atoms with Gasteiger partial charge in [-0.05, 0) is 37.2 Å². The topological polar surface area (TPSA) is 66.6 Å². The minimum absolute atomic E-state index is 0.0288. The largest absolute Gasteiger partial charge is 0.481 e. The molecule has 2 atom stereocenters. The van der Waals surface area contributed by atoms with Crippen molar-refractivity contribution in [2.24, 2.45) is 5.92 Å². The highest BCUT2D eigenvalue weighted by molar-refractivity contribution is 5.72. The van der Waals surface area contributed by atoms with E-state index in [1.807, 2.05) is 28.8 Å². The van der Waals surface area contributed by atoms with Crippen molar-refractivity contribution in [3.63, 3.8) is 0 Å². The van der Waals surface area contributed by atoms with Crippen molar-refractivity contribution in [3.05, 3.63) is 36.2 Å². The number of carboxylic acid groups (broad SMARTS) is 1. The smallest absolute Gasteiger partial charge is 0.308 e. The molecule has 2 N–H and O–H groups in total. The lowest BCUT2D eigenvalue weighted by atomic mass is 9.84. The first kappa shape index (κ1) is 11.2. The zero-order chi connectivity index (χ0) is 12.5. The Morgan fingerprint density at radius 2 is 2.33 bits per heavy atom. The van der Waals surface area contributed by atoms with Gasteiger partial charge in [-0.2, -0.15) is 5.10 Å². The summed E-state index contributed by atoms with van der Waals surface area (Å²) in [7, 11) is 0. The minimum Gasteiger partial charge on any atom is -0.481 e. The van der Waals surface area contributed by atoms with Gasteiger partial charge in [0.2, 0.25) is 0 Å². The SMILES string of the molecule is O=C(O)C1CNCCC1c1ccc2cccnn12. The Morgan fingerprint density at radius 1 is 1.44 bits per heavy atom. The fourth-order valence-electron chi connectivity index (χ4n) is 2.72. The highest BCUT2D eigenvalue weighted by Crippen LogP contribution is 2.31. The zero-order valence-electron chi connectivity index (χ0n) is 9.91. The summed E-state index contributed by atoms with van der Waals surface area (Å²) in [4.78, 5) is 11.3. The predicted molar refractivity (Wildman–Crippen MR) is 66.5 cm³/mol. The van der Waals surface area contributed by atoms with Crippen LogP contribution in [0.2, 0.25) is 0 Å². The molecule has 0 radical (unpaired) electrons. The van der Waals surface area contributed by atoms with Gasteiger partial charge < -0.3 is 10.4 Å². The second-order valence-electron chi connectivity index (χ2n) is 4.66. The zero-order valence-corrected chi connectivity index (χ0v) is 9.91. The Balaban J connectivity index is 2.04. The monoisotopic (exact) mass is 245 g/mol. The summed E-state index contributed by atoms with van der Waals surface area (Å²) in [5.74, 6) is -1.09. The van der Waals surface area contributed by atoms with Gasteiger partial charge in [0.1, 0.15) is 0 Å². The van der Waals surface area contributed by atoms with Crippen LogP contribution >= 0.6 is 0 Å². The van der Waals surface area contributed by atoms with Crippen LogP contribution < -0.4 is 5.32 Å². The summed E-state index contributed by atoms with van der Waals surface area (Å²) in [5.41, 5.74) is 2.01. The second-order valence-corrected chi connectivity index (χ2v) is 4.66. The Morgan fingerprint density at radius 3 is 3.17 bits per heavy atom. The molecule has 2 aromatic heterocycles. The average molecular weight is 245 g/mol. The molecule has 3 rings (SSSR count). The second kappa shape index (κ2) is 4.42. The maximum absolute atomic E-state index is 11.3. The lowest BCUT2D eigenvalue weighted by Crippen LogP contribution is -2.40. The maximum Gasteiger partial charge on any atom is 0.308 e. The van der Waals surface area contributed by atoms with E-state index in [2.05, 4.69) is 10.4 Å². The van der Waals surface area contributed by atoms with Gasteiger partial charge in [0.05, 0.1) is 11.4 Å². The third kappa shape index (κ3) is 1.76. The summed E-state index contributed by atoms with van der Waals surface area (Å²) < 4.78 is 1.85. The van der Waals surface area contributed by atoms with E-state index in [0.29, 0.717) is 6.54 Å². The van der Waals surface area contributed by atoms with Crippen LogP contribution in [-0.2, 0) is 4.79 Å². The molecule has 5 heteroatoms. The molecule has 94 valence electrons. The highest BCUT2D eigenvalue weighted by Gasteiger charge is 2.33. The van der Waals surface area contributed by atoms with Crippen molar-refractivity contribution in [2.45, 2.75) is 12.3 Å². The van der Waals surface area contributed by atoms with E-state index >= 15 is 0 Å². The van der Waals surface area contributed by atoms with Gasteiger partial charge in [-0.1, -0.05) is 0 Å². The van der Waals surface area contributed by atoms with E-state index in [-0.39, 0.29) is 11.8 Å². The number of aliphatic carboxylic acids is 1. The maximum atomic E-state index is 11.3. The number of piperidine rings is 1. The molecule has 0 amide bonds. The molecule has 18 heavy (non-hydrogen) atoms. The van der Waals surface area contributed by atoms with Crippen molar-refractivity contribution >= 4 is 11.5 Å². The lowest BCUT2D eigenvalue weighted by molar-refractivity contribution is -0.143. The van der Waals surface area contributed by atoms with Crippen LogP contribution in [0, 0.1) is 5.92 Å². The van der Waals surface area contributed by atoms with Crippen LogP contribution in [0.5, 0.6) is 0 Å². The quantitative estimate of drug-likeness (QED) is 0.831. The fraction of sp³-hybridized carbons (Fsp3) is 0.385. The van der Waals surface area contributed by atoms with E-state index in [0.717, 1.165) is 24.2 Å². The van der Waals surface area contributed by atoms with Crippen LogP contribution in [0.15, 0.2) is 30.5 Å². The van der Waals surface area contributed by atoms with E-state index in [9.17, 15) is 9.90 Å². The average Bonchev–Trinajstić information content (AvgIpc) is 2.82. The van der Waals surface area contributed by atoms with Gasteiger partial charge in [-0.25, -0.2) is 4.52 Å². The number of hydrogen-bond acceptors (Lipinski definition) is 3. The summed E-state index contributed by atoms with van der Waals surface area (Å²) in [6, 6.07) is 7.85. The van der Waals surface area contributed by atoms with Crippen molar-refractivity contribution < 1.29 is 9.90 Å². The molecule has 1 fully saturated rings. The van der Waals surface area contributed by atoms with E-state index in [1.165, 1.54) is 0 Å². The van der Waals surface area contributed by atoms with E-state index < -0.39 is 5.97 Å². The molecule has 0 aliphatic carbocycles. The van der Waals surface area contributed by atoms with E-state index in [1.54, 1.807) is 6.20 Å². The Kier molecular flexibility index (Phi) is 2.76. The van der Waals surface area contributed by atoms with Crippen molar-refractivity contribution in [1.82, 2.24) is 14.9 Å². The molecule has 0 spiro atoms. The van der Waals surface area contributed by atoms with Crippen molar-refractivity contribution in [3.8, 4) is 0 Å². The third-order valence-electron chi connectivity index (χ3n) is 3.63. The normalized spacial score (nSPS) is 24.2. The summed E-state index contributed by atoms with van der Waals surface area (Å²) in [6.45, 7) is 1.38. The molecular weight excluding hydrogens is 230 g/mol. The molecule has 2 aromatic rings. The molecule has 2 unspecified atom stereocenters. The first-order valence-electron chi connectivity index (χ1n) is 6.13. The van der Waals surface area contributed by atoms with Gasteiger partial charge in [-0.15, -0.1) is 0 Å². The molecule has 0 bridgehead atoms. The number of carboxylic acids is 1. The van der Waals surface area contributed by atoms with Crippen LogP contribution in [0.1, 0.15) is 18.0 Å². The number of nitrogens with one attached hydrogen (secondary N) is 1. The van der Waals surface area contributed by atoms with E-state index in [4.69, 9.17) is 0 Å². The summed E-state index contributed by atoms with van der Waals surface area (Å²) >= 11 is 0. The molecule has 1 aliphatic rings. The number of nitrogens with zero attached hydrogens (tertiary/aromatic N) is 2. The first-order valence-corrected chi connectivity index (χ1v) is 6.13. The van der Waals surface area contributed by atoms with Gasteiger partial charge in [-0.3, -0.25) is 4.79 Å². The van der Waals surface area contributed by atoms with Gasteiger partial charge >= 0.3 is 5.97 Å². The van der Waals surface area contributed by atoms with Crippen molar-refractivity contribution in [2.75, 3.05) is 13.1 Å². The number of rotatable bonds is 2. The molecule has 0 saturated carbocycles. The minimum atomic E-state index is -0.738. The van der Waals surface area contributed by atoms with Crippen LogP contribution in [0.25, 0.3) is 5.52 Å². The standard InChI is InChI=1S/C13H15N3O2/c17-13(18)11-8-14-7-5-10(11)12-4-3-9-2-1-6-15-16(9)12/h1-4,6,10-11,14H,5,7-8H2,(H,17,18). The fourth-order valence-corrected chi connectivity index (χ4v) is 2.72. The van der Waals surface area contributed by atoms with Crippen LogP contribution in [0.3, 0.4) is 0 Å².